The van der Waals surface area contributed by atoms with Gasteiger partial charge in [0.25, 0.3) is 0 Å². The third kappa shape index (κ3) is 5.51. The van der Waals surface area contributed by atoms with Crippen molar-refractivity contribution >= 4 is 90.9 Å². The first-order valence-corrected chi connectivity index (χ1v) is 20.3. The summed E-state index contributed by atoms with van der Waals surface area (Å²) in [4.78, 5) is 2.45. The van der Waals surface area contributed by atoms with Crippen molar-refractivity contribution in [1.29, 1.82) is 0 Å². The number of benzene rings is 9. The molecule has 0 N–H and O–H groups in total. The first-order valence-electron chi connectivity index (χ1n) is 18.7. The fourth-order valence-corrected chi connectivity index (χ4v) is 10.5. The van der Waals surface area contributed by atoms with Gasteiger partial charge in [-0.25, -0.2) is 0 Å². The maximum atomic E-state index is 2.45. The molecule has 0 atom stereocenters. The summed E-state index contributed by atoms with van der Waals surface area (Å²) in [5, 5.41) is 7.73. The quantitative estimate of drug-likeness (QED) is 0.164. The number of thiophene rings is 2. The second-order valence-corrected chi connectivity index (χ2v) is 16.2. The maximum absolute atomic E-state index is 2.45. The molecule has 0 bridgehead atoms. The molecule has 0 unspecified atom stereocenters. The van der Waals surface area contributed by atoms with E-state index in [4.69, 9.17) is 0 Å². The largest absolute Gasteiger partial charge is 0.309 e. The molecule has 0 amide bonds. The van der Waals surface area contributed by atoms with E-state index in [-0.39, 0.29) is 0 Å². The molecule has 55 heavy (non-hydrogen) atoms. The van der Waals surface area contributed by atoms with E-state index in [1.807, 2.05) is 22.7 Å². The molecule has 0 saturated carbocycles. The van der Waals surface area contributed by atoms with Crippen LogP contribution in [-0.2, 0) is 0 Å². The van der Waals surface area contributed by atoms with E-state index in [1.165, 1.54) is 90.2 Å². The van der Waals surface area contributed by atoms with Crippen LogP contribution in [0.4, 0.5) is 17.1 Å². The molecular formula is C52H33NS2. The minimum absolute atomic E-state index is 1.12. The van der Waals surface area contributed by atoms with Crippen LogP contribution >= 0.6 is 22.7 Å². The second kappa shape index (κ2) is 13.1. The van der Waals surface area contributed by atoms with Crippen LogP contribution in [-0.4, -0.2) is 0 Å². The molecule has 2 heterocycles. The van der Waals surface area contributed by atoms with E-state index in [1.54, 1.807) is 0 Å². The van der Waals surface area contributed by atoms with Gasteiger partial charge in [-0.05, 0) is 98.8 Å². The lowest BCUT2D eigenvalue weighted by Crippen LogP contribution is -2.10. The maximum Gasteiger partial charge on any atom is 0.0640 e. The van der Waals surface area contributed by atoms with Crippen molar-refractivity contribution in [3.8, 4) is 33.4 Å². The zero-order valence-electron chi connectivity index (χ0n) is 29.8. The van der Waals surface area contributed by atoms with Crippen molar-refractivity contribution in [2.45, 2.75) is 0 Å². The first-order chi connectivity index (χ1) is 27.2. The molecule has 1 nitrogen and oxygen atoms in total. The minimum Gasteiger partial charge on any atom is -0.309 e. The molecule has 2 aromatic heterocycles. The van der Waals surface area contributed by atoms with Gasteiger partial charge in [0.1, 0.15) is 0 Å². The van der Waals surface area contributed by atoms with Gasteiger partial charge in [-0.15, -0.1) is 22.7 Å². The van der Waals surface area contributed by atoms with E-state index in [0.29, 0.717) is 0 Å². The topological polar surface area (TPSA) is 3.24 Å². The predicted octanol–water partition coefficient (Wildman–Crippen LogP) is 16.0. The summed E-state index contributed by atoms with van der Waals surface area (Å²) in [6, 6.07) is 73.5. The Hall–Kier alpha value is -6.52. The Bertz CT molecular complexity index is 3210. The van der Waals surface area contributed by atoms with E-state index in [9.17, 15) is 0 Å². The second-order valence-electron chi connectivity index (χ2n) is 14.1. The normalized spacial score (nSPS) is 11.6. The number of fused-ring (bicyclic) bond motifs is 7. The third-order valence-corrected chi connectivity index (χ3v) is 13.2. The highest BCUT2D eigenvalue weighted by atomic mass is 32.1. The Morgan fingerprint density at radius 1 is 0.309 bits per heavy atom. The highest BCUT2D eigenvalue weighted by Gasteiger charge is 2.20. The number of rotatable bonds is 6. The molecular weight excluding hydrogens is 703 g/mol. The number of hydrogen-bond donors (Lipinski definition) is 0. The van der Waals surface area contributed by atoms with Crippen LogP contribution in [0.3, 0.4) is 0 Å². The van der Waals surface area contributed by atoms with E-state index in [0.717, 1.165) is 11.4 Å². The monoisotopic (exact) mass is 735 g/mol. The van der Waals surface area contributed by atoms with Gasteiger partial charge in [-0.2, -0.15) is 0 Å². The smallest absolute Gasteiger partial charge is 0.0640 e. The molecule has 11 rings (SSSR count). The van der Waals surface area contributed by atoms with E-state index in [2.05, 4.69) is 205 Å². The minimum atomic E-state index is 1.12. The average Bonchev–Trinajstić information content (AvgIpc) is 3.83. The van der Waals surface area contributed by atoms with Crippen LogP contribution in [0.2, 0.25) is 0 Å². The van der Waals surface area contributed by atoms with Crippen LogP contribution in [0.25, 0.3) is 84.5 Å². The molecule has 0 aliphatic carbocycles. The molecule has 258 valence electrons. The SMILES string of the molecule is c1ccc(-c2cc(N(c3ccc(-c4ccc5ccccc5c4)cc3)c3cccc4c3sc3ccccc34)ccc2-c2ccc3c(c2)sc2ccccc23)cc1. The molecule has 0 saturated heterocycles. The zero-order valence-corrected chi connectivity index (χ0v) is 31.4. The summed E-state index contributed by atoms with van der Waals surface area (Å²) in [6.45, 7) is 0. The van der Waals surface area contributed by atoms with Crippen LogP contribution in [0.5, 0.6) is 0 Å². The fourth-order valence-electron chi connectivity index (χ4n) is 8.18. The summed E-state index contributed by atoms with van der Waals surface area (Å²) in [5.41, 5.74) is 10.7. The van der Waals surface area contributed by atoms with Crippen molar-refractivity contribution < 1.29 is 0 Å². The summed E-state index contributed by atoms with van der Waals surface area (Å²) in [5.74, 6) is 0. The summed E-state index contributed by atoms with van der Waals surface area (Å²) < 4.78 is 5.22. The van der Waals surface area contributed by atoms with Gasteiger partial charge in [0.15, 0.2) is 0 Å². The number of anilines is 3. The van der Waals surface area contributed by atoms with E-state index >= 15 is 0 Å². The van der Waals surface area contributed by atoms with Gasteiger partial charge in [0, 0.05) is 47.0 Å². The van der Waals surface area contributed by atoms with Gasteiger partial charge in [-0.3, -0.25) is 0 Å². The average molecular weight is 736 g/mol. The van der Waals surface area contributed by atoms with Crippen molar-refractivity contribution in [2.75, 3.05) is 4.90 Å². The van der Waals surface area contributed by atoms with Crippen LogP contribution in [0.1, 0.15) is 0 Å². The highest BCUT2D eigenvalue weighted by molar-refractivity contribution is 7.26. The van der Waals surface area contributed by atoms with Crippen molar-refractivity contribution in [2.24, 2.45) is 0 Å². The van der Waals surface area contributed by atoms with Crippen LogP contribution < -0.4 is 4.90 Å². The Morgan fingerprint density at radius 3 is 1.78 bits per heavy atom. The van der Waals surface area contributed by atoms with Gasteiger partial charge in [0.05, 0.1) is 10.4 Å². The molecule has 0 aliphatic rings. The number of hydrogen-bond acceptors (Lipinski definition) is 3. The standard InChI is InChI=1S/C52H33NS2/c1-2-12-36(13-3-1)47-33-41(28-30-42(47)39-25-29-45-43-15-6-8-19-49(43)54-51(45)32-39)53(48-18-10-17-46-44-16-7-9-20-50(44)55-52(46)48)40-26-23-35(24-27-40)38-22-21-34-11-4-5-14-37(34)31-38/h1-33H. The molecule has 0 radical (unpaired) electrons. The molecule has 11 aromatic rings. The molecule has 3 heteroatoms. The van der Waals surface area contributed by atoms with Gasteiger partial charge >= 0.3 is 0 Å². The van der Waals surface area contributed by atoms with Crippen LogP contribution in [0, 0.1) is 0 Å². The van der Waals surface area contributed by atoms with Crippen molar-refractivity contribution in [3.63, 3.8) is 0 Å². The fraction of sp³-hybridized carbons (Fsp3) is 0. The Kier molecular flexibility index (Phi) is 7.61. The zero-order chi connectivity index (χ0) is 36.3. The predicted molar refractivity (Wildman–Crippen MR) is 241 cm³/mol. The van der Waals surface area contributed by atoms with Gasteiger partial charge in [0.2, 0.25) is 0 Å². The Morgan fingerprint density at radius 2 is 0.945 bits per heavy atom. The van der Waals surface area contributed by atoms with Crippen molar-refractivity contribution in [3.05, 3.63) is 200 Å². The summed E-state index contributed by atoms with van der Waals surface area (Å²) in [6.07, 6.45) is 0. The Balaban J connectivity index is 1.10. The molecule has 0 aliphatic heterocycles. The molecule has 0 fully saturated rings. The van der Waals surface area contributed by atoms with Crippen molar-refractivity contribution in [1.82, 2.24) is 0 Å². The lowest BCUT2D eigenvalue weighted by molar-refractivity contribution is 1.30. The first kappa shape index (κ1) is 32.0. The number of nitrogens with zero attached hydrogens (tertiary/aromatic N) is 1. The molecule has 0 spiro atoms. The van der Waals surface area contributed by atoms with E-state index < -0.39 is 0 Å². The highest BCUT2D eigenvalue weighted by Crippen LogP contribution is 2.47. The summed E-state index contributed by atoms with van der Waals surface area (Å²) >= 11 is 3.74. The lowest BCUT2D eigenvalue weighted by atomic mass is 9.93. The molecule has 9 aromatic carbocycles. The third-order valence-electron chi connectivity index (χ3n) is 10.9. The van der Waals surface area contributed by atoms with Crippen LogP contribution in [0.15, 0.2) is 200 Å². The lowest BCUT2D eigenvalue weighted by Gasteiger charge is -2.27. The summed E-state index contributed by atoms with van der Waals surface area (Å²) in [7, 11) is 0. The Labute approximate surface area is 327 Å². The van der Waals surface area contributed by atoms with Gasteiger partial charge in [-0.1, -0.05) is 146 Å². The van der Waals surface area contributed by atoms with Gasteiger partial charge < -0.3 is 4.90 Å².